The maximum atomic E-state index is 12.3. The Bertz CT molecular complexity index is 779. The maximum Gasteiger partial charge on any atom is 0.344 e. The molecule has 1 amide bonds. The number of ether oxygens (including phenoxy) is 2. The van der Waals surface area contributed by atoms with Crippen molar-refractivity contribution in [3.05, 3.63) is 58.1 Å². The van der Waals surface area contributed by atoms with Crippen LogP contribution in [0.1, 0.15) is 23.6 Å². The predicted molar refractivity (Wildman–Crippen MR) is 102 cm³/mol. The second-order valence-corrected chi connectivity index (χ2v) is 6.57. The molecule has 1 unspecified atom stereocenters. The van der Waals surface area contributed by atoms with E-state index >= 15 is 0 Å². The molecular weight excluding hydrogens is 354 g/mol. The molecule has 0 aliphatic heterocycles. The fraction of sp³-hybridized carbons (Fsp3) is 0.300. The summed E-state index contributed by atoms with van der Waals surface area (Å²) in [7, 11) is 0. The number of rotatable bonds is 6. The van der Waals surface area contributed by atoms with Crippen molar-refractivity contribution in [2.24, 2.45) is 0 Å². The summed E-state index contributed by atoms with van der Waals surface area (Å²) >= 11 is 5.78. The zero-order chi connectivity index (χ0) is 19.3. The highest BCUT2D eigenvalue weighted by molar-refractivity contribution is 6.30. The molecule has 0 bridgehead atoms. The molecule has 0 radical (unpaired) electrons. The van der Waals surface area contributed by atoms with Crippen LogP contribution in [0.2, 0.25) is 5.02 Å². The van der Waals surface area contributed by atoms with E-state index in [1.165, 1.54) is 6.92 Å². The fourth-order valence-corrected chi connectivity index (χ4v) is 2.69. The first-order valence-electron chi connectivity index (χ1n) is 8.23. The molecule has 26 heavy (non-hydrogen) atoms. The first kappa shape index (κ1) is 19.8. The number of anilines is 1. The Morgan fingerprint density at radius 3 is 2.23 bits per heavy atom. The van der Waals surface area contributed by atoms with Crippen molar-refractivity contribution in [1.29, 1.82) is 0 Å². The Labute approximate surface area is 158 Å². The normalized spacial score (nSPS) is 11.6. The summed E-state index contributed by atoms with van der Waals surface area (Å²) in [5, 5.41) is 3.40. The first-order chi connectivity index (χ1) is 12.3. The van der Waals surface area contributed by atoms with Crippen molar-refractivity contribution in [2.45, 2.75) is 33.8 Å². The monoisotopic (exact) mass is 375 g/mol. The zero-order valence-corrected chi connectivity index (χ0v) is 16.0. The Morgan fingerprint density at radius 1 is 1.08 bits per heavy atom. The lowest BCUT2D eigenvalue weighted by Gasteiger charge is -2.17. The second-order valence-electron chi connectivity index (χ2n) is 6.14. The number of amides is 1. The van der Waals surface area contributed by atoms with E-state index in [2.05, 4.69) is 5.32 Å². The quantitative estimate of drug-likeness (QED) is 0.768. The molecule has 0 aliphatic rings. The van der Waals surface area contributed by atoms with Gasteiger partial charge in [0.05, 0.1) is 0 Å². The van der Waals surface area contributed by atoms with Crippen LogP contribution in [0.15, 0.2) is 36.4 Å². The van der Waals surface area contributed by atoms with Crippen LogP contribution in [0.25, 0.3) is 0 Å². The van der Waals surface area contributed by atoms with E-state index in [9.17, 15) is 9.59 Å². The van der Waals surface area contributed by atoms with E-state index in [0.29, 0.717) is 10.8 Å². The number of hydrogen-bond donors (Lipinski definition) is 1. The topological polar surface area (TPSA) is 64.6 Å². The minimum Gasteiger partial charge on any atom is -0.482 e. The minimum absolute atomic E-state index is 0.290. The molecule has 2 rings (SSSR count). The predicted octanol–water partition coefficient (Wildman–Crippen LogP) is 4.21. The van der Waals surface area contributed by atoms with Gasteiger partial charge in [-0.05, 0) is 63.1 Å². The number of carbonyl (C=O) groups is 2. The average molecular weight is 376 g/mol. The summed E-state index contributed by atoms with van der Waals surface area (Å²) in [5.41, 5.74) is 3.78. The van der Waals surface area contributed by atoms with E-state index in [0.717, 1.165) is 22.4 Å². The zero-order valence-electron chi connectivity index (χ0n) is 15.3. The number of benzene rings is 2. The van der Waals surface area contributed by atoms with Crippen molar-refractivity contribution in [3.8, 4) is 5.75 Å². The first-order valence-corrected chi connectivity index (χ1v) is 8.60. The number of nitrogens with one attached hydrogen (secondary N) is 1. The lowest BCUT2D eigenvalue weighted by Crippen LogP contribution is -2.32. The van der Waals surface area contributed by atoms with Crippen molar-refractivity contribution >= 4 is 29.2 Å². The molecule has 0 aliphatic carbocycles. The third-order valence-electron chi connectivity index (χ3n) is 3.77. The Balaban J connectivity index is 1.88. The van der Waals surface area contributed by atoms with E-state index in [1.54, 1.807) is 24.3 Å². The van der Waals surface area contributed by atoms with Gasteiger partial charge in [-0.15, -0.1) is 0 Å². The lowest BCUT2D eigenvalue weighted by molar-refractivity contribution is -0.155. The van der Waals surface area contributed by atoms with Crippen LogP contribution in [-0.2, 0) is 14.3 Å². The van der Waals surface area contributed by atoms with Crippen LogP contribution in [0.4, 0.5) is 5.69 Å². The van der Waals surface area contributed by atoms with E-state index in [-0.39, 0.29) is 12.5 Å². The average Bonchev–Trinajstić information content (AvgIpc) is 2.57. The molecule has 0 fully saturated rings. The summed E-state index contributed by atoms with van der Waals surface area (Å²) in [6.07, 6.45) is -0.934. The van der Waals surface area contributed by atoms with Crippen molar-refractivity contribution in [1.82, 2.24) is 0 Å². The SMILES string of the molecule is Cc1cc(C)c(NC(=O)C(C)OC(=O)COc2ccc(Cl)cc2)c(C)c1. The number of aryl methyl sites for hydroxylation is 3. The van der Waals surface area contributed by atoms with Gasteiger partial charge < -0.3 is 14.8 Å². The lowest BCUT2D eigenvalue weighted by atomic mass is 10.0. The number of hydrogen-bond acceptors (Lipinski definition) is 4. The van der Waals surface area contributed by atoms with Gasteiger partial charge in [0.2, 0.25) is 0 Å². The molecule has 1 atom stereocenters. The van der Waals surface area contributed by atoms with Crippen LogP contribution in [0.3, 0.4) is 0 Å². The molecule has 0 aromatic heterocycles. The van der Waals surface area contributed by atoms with Gasteiger partial charge in [-0.25, -0.2) is 4.79 Å². The van der Waals surface area contributed by atoms with Crippen molar-refractivity contribution in [2.75, 3.05) is 11.9 Å². The standard InChI is InChI=1S/C20H22ClNO4/c1-12-9-13(2)19(14(3)10-12)22-20(24)15(4)26-18(23)11-25-17-7-5-16(21)6-8-17/h5-10,15H,11H2,1-4H3,(H,22,24). The molecular formula is C20H22ClNO4. The number of halogens is 1. The van der Waals surface area contributed by atoms with Gasteiger partial charge in [0, 0.05) is 10.7 Å². The van der Waals surface area contributed by atoms with Gasteiger partial charge in [-0.2, -0.15) is 0 Å². The largest absolute Gasteiger partial charge is 0.482 e. The Morgan fingerprint density at radius 2 is 1.65 bits per heavy atom. The molecule has 0 saturated carbocycles. The van der Waals surface area contributed by atoms with Gasteiger partial charge in [0.25, 0.3) is 5.91 Å². The molecule has 0 heterocycles. The van der Waals surface area contributed by atoms with E-state index < -0.39 is 12.1 Å². The molecule has 1 N–H and O–H groups in total. The Hall–Kier alpha value is -2.53. The molecule has 0 spiro atoms. The van der Waals surface area contributed by atoms with Crippen molar-refractivity contribution in [3.63, 3.8) is 0 Å². The Kier molecular flexibility index (Phi) is 6.64. The van der Waals surface area contributed by atoms with Crippen LogP contribution < -0.4 is 10.1 Å². The molecule has 2 aromatic rings. The molecule has 6 heteroatoms. The van der Waals surface area contributed by atoms with E-state index in [4.69, 9.17) is 21.1 Å². The van der Waals surface area contributed by atoms with Crippen molar-refractivity contribution < 1.29 is 19.1 Å². The van der Waals surface area contributed by atoms with Gasteiger partial charge in [0.1, 0.15) is 5.75 Å². The third kappa shape index (κ3) is 5.49. The van der Waals surface area contributed by atoms with E-state index in [1.807, 2.05) is 32.9 Å². The fourth-order valence-electron chi connectivity index (χ4n) is 2.56. The molecule has 138 valence electrons. The highest BCUT2D eigenvalue weighted by atomic mass is 35.5. The minimum atomic E-state index is -0.934. The van der Waals surface area contributed by atoms with Crippen LogP contribution >= 0.6 is 11.6 Å². The maximum absolute atomic E-state index is 12.3. The van der Waals surface area contributed by atoms with Gasteiger partial charge in [-0.3, -0.25) is 4.79 Å². The summed E-state index contributed by atoms with van der Waals surface area (Å²) in [4.78, 5) is 24.2. The number of esters is 1. The molecule has 2 aromatic carbocycles. The summed E-state index contributed by atoms with van der Waals surface area (Å²) in [6.45, 7) is 7.07. The summed E-state index contributed by atoms with van der Waals surface area (Å²) in [6, 6.07) is 10.6. The van der Waals surface area contributed by atoms with Crippen LogP contribution in [0, 0.1) is 20.8 Å². The van der Waals surface area contributed by atoms with Gasteiger partial charge in [-0.1, -0.05) is 29.3 Å². The second kappa shape index (κ2) is 8.72. The summed E-state index contributed by atoms with van der Waals surface area (Å²) < 4.78 is 10.4. The van der Waals surface area contributed by atoms with Crippen LogP contribution in [-0.4, -0.2) is 24.6 Å². The smallest absolute Gasteiger partial charge is 0.344 e. The highest BCUT2D eigenvalue weighted by Gasteiger charge is 2.19. The number of carbonyl (C=O) groups excluding carboxylic acids is 2. The van der Waals surface area contributed by atoms with Gasteiger partial charge >= 0.3 is 5.97 Å². The van der Waals surface area contributed by atoms with Crippen LogP contribution in [0.5, 0.6) is 5.75 Å². The third-order valence-corrected chi connectivity index (χ3v) is 4.02. The molecule has 5 nitrogen and oxygen atoms in total. The molecule has 0 saturated heterocycles. The highest BCUT2D eigenvalue weighted by Crippen LogP contribution is 2.22. The summed E-state index contributed by atoms with van der Waals surface area (Å²) in [5.74, 6) is -0.519. The van der Waals surface area contributed by atoms with Gasteiger partial charge in [0.15, 0.2) is 12.7 Å².